The summed E-state index contributed by atoms with van der Waals surface area (Å²) in [4.78, 5) is 12.8. The fourth-order valence-electron chi connectivity index (χ4n) is 2.50. The normalized spacial score (nSPS) is 10.9. The number of amides is 1. The zero-order valence-corrected chi connectivity index (χ0v) is 15.4. The Morgan fingerprint density at radius 2 is 2.08 bits per heavy atom. The van der Waals surface area contributed by atoms with Gasteiger partial charge in [-0.2, -0.15) is 5.10 Å². The molecule has 1 aromatic carbocycles. The molecule has 0 aliphatic rings. The van der Waals surface area contributed by atoms with Crippen LogP contribution in [0.15, 0.2) is 36.4 Å². The summed E-state index contributed by atoms with van der Waals surface area (Å²) in [5, 5.41) is 7.95. The maximum atomic E-state index is 14.4. The number of aryl methyl sites for hydroxylation is 2. The van der Waals surface area contributed by atoms with Crippen molar-refractivity contribution in [2.75, 3.05) is 5.32 Å². The van der Waals surface area contributed by atoms with Crippen molar-refractivity contribution in [3.05, 3.63) is 58.5 Å². The van der Waals surface area contributed by atoms with E-state index in [9.17, 15) is 9.18 Å². The van der Waals surface area contributed by atoms with Gasteiger partial charge in [0.05, 0.1) is 31.9 Å². The second-order valence-corrected chi connectivity index (χ2v) is 6.87. The number of hydrogen-bond donors (Lipinski definition) is 1. The summed E-state index contributed by atoms with van der Waals surface area (Å²) < 4.78 is 16.2. The van der Waals surface area contributed by atoms with E-state index in [0.29, 0.717) is 27.0 Å². The van der Waals surface area contributed by atoms with E-state index in [1.54, 1.807) is 28.9 Å². The number of rotatable bonds is 5. The third-order valence-electron chi connectivity index (χ3n) is 3.77. The van der Waals surface area contributed by atoms with Crippen LogP contribution in [0, 0.1) is 5.82 Å². The van der Waals surface area contributed by atoms with Crippen molar-refractivity contribution in [1.82, 2.24) is 9.78 Å². The SMILES string of the molecule is CCc1cc(-c2sc(NC(=O)c3ccccc3Cl)cc2F)n(CC)n1. The minimum Gasteiger partial charge on any atom is -0.313 e. The zero-order valence-electron chi connectivity index (χ0n) is 13.8. The third-order valence-corrected chi connectivity index (χ3v) is 5.14. The van der Waals surface area contributed by atoms with Crippen molar-refractivity contribution in [3.8, 4) is 10.6 Å². The number of thiophene rings is 1. The highest BCUT2D eigenvalue weighted by Crippen LogP contribution is 2.35. The van der Waals surface area contributed by atoms with E-state index in [1.807, 2.05) is 19.9 Å². The summed E-state index contributed by atoms with van der Waals surface area (Å²) in [5.41, 5.74) is 1.98. The molecule has 0 aliphatic carbocycles. The maximum Gasteiger partial charge on any atom is 0.257 e. The van der Waals surface area contributed by atoms with Gasteiger partial charge in [0, 0.05) is 12.6 Å². The molecule has 0 spiro atoms. The van der Waals surface area contributed by atoms with Crippen LogP contribution in [0.5, 0.6) is 0 Å². The van der Waals surface area contributed by atoms with Crippen LogP contribution in [0.3, 0.4) is 0 Å². The molecular formula is C18H17ClFN3OS. The van der Waals surface area contributed by atoms with Crippen LogP contribution < -0.4 is 5.32 Å². The molecule has 2 aromatic heterocycles. The molecule has 0 unspecified atom stereocenters. The maximum absolute atomic E-state index is 14.4. The molecule has 0 saturated carbocycles. The predicted octanol–water partition coefficient (Wildman–Crippen LogP) is 5.24. The molecule has 3 aromatic rings. The molecule has 0 fully saturated rings. The highest BCUT2D eigenvalue weighted by Gasteiger charge is 2.18. The lowest BCUT2D eigenvalue weighted by molar-refractivity contribution is 0.102. The van der Waals surface area contributed by atoms with Gasteiger partial charge in [-0.25, -0.2) is 4.39 Å². The summed E-state index contributed by atoms with van der Waals surface area (Å²) in [5.74, 6) is -0.742. The summed E-state index contributed by atoms with van der Waals surface area (Å²) in [6, 6.07) is 9.96. The van der Waals surface area contributed by atoms with Crippen LogP contribution in [0.1, 0.15) is 29.9 Å². The van der Waals surface area contributed by atoms with Gasteiger partial charge in [-0.05, 0) is 31.5 Å². The predicted molar refractivity (Wildman–Crippen MR) is 100.0 cm³/mol. The molecule has 25 heavy (non-hydrogen) atoms. The Kier molecular flexibility index (Phi) is 5.20. The summed E-state index contributed by atoms with van der Waals surface area (Å²) in [6.07, 6.45) is 0.781. The van der Waals surface area contributed by atoms with Crippen molar-refractivity contribution in [1.29, 1.82) is 0 Å². The van der Waals surface area contributed by atoms with Crippen LogP contribution in [-0.2, 0) is 13.0 Å². The van der Waals surface area contributed by atoms with Gasteiger partial charge in [0.2, 0.25) is 0 Å². The van der Waals surface area contributed by atoms with Crippen LogP contribution in [-0.4, -0.2) is 15.7 Å². The van der Waals surface area contributed by atoms with E-state index < -0.39 is 0 Å². The Balaban J connectivity index is 1.89. The minimum absolute atomic E-state index is 0.353. The number of carbonyl (C=O) groups excluding carboxylic acids is 1. The van der Waals surface area contributed by atoms with Gasteiger partial charge in [0.1, 0.15) is 5.82 Å². The van der Waals surface area contributed by atoms with Gasteiger partial charge in [-0.1, -0.05) is 30.7 Å². The quantitative estimate of drug-likeness (QED) is 0.661. The molecule has 3 rings (SSSR count). The van der Waals surface area contributed by atoms with Gasteiger partial charge in [-0.15, -0.1) is 11.3 Å². The first kappa shape index (κ1) is 17.6. The van der Waals surface area contributed by atoms with E-state index >= 15 is 0 Å². The average Bonchev–Trinajstić information content (AvgIpc) is 3.17. The number of nitrogens with one attached hydrogen (secondary N) is 1. The Morgan fingerprint density at radius 3 is 2.76 bits per heavy atom. The van der Waals surface area contributed by atoms with E-state index in [-0.39, 0.29) is 11.7 Å². The number of nitrogens with zero attached hydrogens (tertiary/aromatic N) is 2. The molecule has 1 amide bonds. The molecule has 0 radical (unpaired) electrons. The summed E-state index contributed by atoms with van der Waals surface area (Å²) >= 11 is 7.22. The van der Waals surface area contributed by atoms with Crippen LogP contribution in [0.4, 0.5) is 9.39 Å². The second-order valence-electron chi connectivity index (χ2n) is 5.41. The highest BCUT2D eigenvalue weighted by atomic mass is 35.5. The van der Waals surface area contributed by atoms with Gasteiger partial charge < -0.3 is 5.32 Å². The Bertz CT molecular complexity index is 919. The number of benzene rings is 1. The Hall–Kier alpha value is -2.18. The van der Waals surface area contributed by atoms with Gasteiger partial charge in [0.25, 0.3) is 5.91 Å². The lowest BCUT2D eigenvalue weighted by Crippen LogP contribution is -2.11. The highest BCUT2D eigenvalue weighted by molar-refractivity contribution is 7.19. The fourth-order valence-corrected chi connectivity index (χ4v) is 3.67. The molecule has 4 nitrogen and oxygen atoms in total. The molecule has 130 valence electrons. The van der Waals surface area contributed by atoms with Crippen molar-refractivity contribution in [2.24, 2.45) is 0 Å². The molecule has 7 heteroatoms. The van der Waals surface area contributed by atoms with Crippen molar-refractivity contribution in [3.63, 3.8) is 0 Å². The Labute approximate surface area is 154 Å². The van der Waals surface area contributed by atoms with Crippen molar-refractivity contribution >= 4 is 33.8 Å². The van der Waals surface area contributed by atoms with Gasteiger partial charge >= 0.3 is 0 Å². The molecule has 0 aliphatic heterocycles. The van der Waals surface area contributed by atoms with E-state index in [0.717, 1.165) is 17.8 Å². The van der Waals surface area contributed by atoms with Crippen molar-refractivity contribution in [2.45, 2.75) is 26.8 Å². The lowest BCUT2D eigenvalue weighted by atomic mass is 10.2. The Morgan fingerprint density at radius 1 is 1.32 bits per heavy atom. The smallest absolute Gasteiger partial charge is 0.257 e. The van der Waals surface area contributed by atoms with E-state index in [1.165, 1.54) is 17.4 Å². The largest absolute Gasteiger partial charge is 0.313 e. The molecule has 1 N–H and O–H groups in total. The number of carbonyl (C=O) groups is 1. The lowest BCUT2D eigenvalue weighted by Gasteiger charge is -2.04. The molecule has 0 bridgehead atoms. The van der Waals surface area contributed by atoms with Crippen LogP contribution in [0.2, 0.25) is 5.02 Å². The van der Waals surface area contributed by atoms with Crippen LogP contribution >= 0.6 is 22.9 Å². The van der Waals surface area contributed by atoms with E-state index in [4.69, 9.17) is 11.6 Å². The first-order valence-electron chi connectivity index (χ1n) is 7.95. The molecule has 0 saturated heterocycles. The fraction of sp³-hybridized carbons (Fsp3) is 0.222. The van der Waals surface area contributed by atoms with Gasteiger partial charge in [0.15, 0.2) is 0 Å². The van der Waals surface area contributed by atoms with Gasteiger partial charge in [-0.3, -0.25) is 9.48 Å². The monoisotopic (exact) mass is 377 g/mol. The summed E-state index contributed by atoms with van der Waals surface area (Å²) in [6.45, 7) is 4.61. The van der Waals surface area contributed by atoms with Crippen LogP contribution in [0.25, 0.3) is 10.6 Å². The van der Waals surface area contributed by atoms with Crippen molar-refractivity contribution < 1.29 is 9.18 Å². The first-order valence-corrected chi connectivity index (χ1v) is 9.15. The third kappa shape index (κ3) is 3.60. The zero-order chi connectivity index (χ0) is 18.0. The molecular weight excluding hydrogens is 361 g/mol. The topological polar surface area (TPSA) is 46.9 Å². The average molecular weight is 378 g/mol. The minimum atomic E-state index is -0.378. The standard InChI is InChI=1S/C18H17ClFN3OS/c1-3-11-9-15(23(4-2)22-11)17-14(20)10-16(25-17)21-18(24)12-7-5-6-8-13(12)19/h5-10H,3-4H2,1-2H3,(H,21,24). The number of anilines is 1. The number of aromatic nitrogens is 2. The first-order chi connectivity index (χ1) is 12.0. The number of halogens is 2. The number of hydrogen-bond acceptors (Lipinski definition) is 3. The molecule has 0 atom stereocenters. The van der Waals surface area contributed by atoms with E-state index in [2.05, 4.69) is 10.4 Å². The second kappa shape index (κ2) is 7.37. The molecule has 2 heterocycles. The summed E-state index contributed by atoms with van der Waals surface area (Å²) in [7, 11) is 0.